The fourth-order valence-electron chi connectivity index (χ4n) is 2.81. The molecule has 0 heterocycles. The van der Waals surface area contributed by atoms with Crippen LogP contribution in [0.4, 0.5) is 0 Å². The fraction of sp³-hybridized carbons (Fsp3) is 0.923. The Balaban J connectivity index is 2.50. The van der Waals surface area contributed by atoms with Gasteiger partial charge in [0.2, 0.25) is 0 Å². The van der Waals surface area contributed by atoms with Crippen LogP contribution in [0.5, 0.6) is 0 Å². The third-order valence-corrected chi connectivity index (χ3v) is 3.88. The molecule has 1 saturated carbocycles. The van der Waals surface area contributed by atoms with Crippen LogP contribution in [0.2, 0.25) is 0 Å². The van der Waals surface area contributed by atoms with Crippen molar-refractivity contribution < 1.29 is 5.11 Å². The molecule has 86 valence electrons. The molecule has 2 nitrogen and oxygen atoms in total. The highest BCUT2D eigenvalue weighted by Gasteiger charge is 2.39. The lowest BCUT2D eigenvalue weighted by atomic mass is 9.71. The van der Waals surface area contributed by atoms with E-state index in [4.69, 9.17) is 5.26 Å². The average Bonchev–Trinajstić information content (AvgIpc) is 2.24. The van der Waals surface area contributed by atoms with Crippen molar-refractivity contribution in [3.05, 3.63) is 0 Å². The smallest absolute Gasteiger partial charge is 0.0805 e. The molecule has 1 rings (SSSR count). The first kappa shape index (κ1) is 12.5. The summed E-state index contributed by atoms with van der Waals surface area (Å²) in [6.45, 7) is 4.20. The van der Waals surface area contributed by atoms with Crippen LogP contribution in [-0.4, -0.2) is 10.7 Å². The van der Waals surface area contributed by atoms with E-state index >= 15 is 0 Å². The van der Waals surface area contributed by atoms with Gasteiger partial charge in [0.15, 0.2) is 0 Å². The normalized spacial score (nSPS) is 33.3. The van der Waals surface area contributed by atoms with Crippen LogP contribution in [0.25, 0.3) is 0 Å². The van der Waals surface area contributed by atoms with Crippen molar-refractivity contribution >= 4 is 0 Å². The fourth-order valence-corrected chi connectivity index (χ4v) is 2.81. The van der Waals surface area contributed by atoms with E-state index in [1.165, 1.54) is 12.8 Å². The molecule has 1 aliphatic carbocycles. The predicted molar refractivity (Wildman–Crippen MR) is 61.2 cm³/mol. The topological polar surface area (TPSA) is 44.0 Å². The Kier molecular flexibility index (Phi) is 4.60. The van der Waals surface area contributed by atoms with E-state index in [0.717, 1.165) is 38.0 Å². The Morgan fingerprint density at radius 2 is 2.00 bits per heavy atom. The van der Waals surface area contributed by atoms with E-state index in [2.05, 4.69) is 13.0 Å². The van der Waals surface area contributed by atoms with E-state index in [9.17, 15) is 5.11 Å². The summed E-state index contributed by atoms with van der Waals surface area (Å²) < 4.78 is 0. The number of hydrogen-bond donors (Lipinski definition) is 1. The zero-order chi connectivity index (χ0) is 11.3. The summed E-state index contributed by atoms with van der Waals surface area (Å²) in [5, 5.41) is 19.4. The Hall–Kier alpha value is -0.550. The molecule has 2 heteroatoms. The van der Waals surface area contributed by atoms with Crippen molar-refractivity contribution in [1.82, 2.24) is 0 Å². The van der Waals surface area contributed by atoms with Crippen LogP contribution in [0, 0.1) is 23.2 Å². The number of hydrogen-bond acceptors (Lipinski definition) is 2. The number of nitrogens with zero attached hydrogens (tertiary/aromatic N) is 1. The number of rotatable bonds is 4. The van der Waals surface area contributed by atoms with Crippen molar-refractivity contribution in [3.8, 4) is 6.07 Å². The van der Waals surface area contributed by atoms with Gasteiger partial charge in [-0.3, -0.25) is 0 Å². The van der Waals surface area contributed by atoms with Gasteiger partial charge in [-0.2, -0.15) is 5.26 Å². The maximum Gasteiger partial charge on any atom is 0.0805 e. The van der Waals surface area contributed by atoms with Crippen molar-refractivity contribution in [2.24, 2.45) is 11.8 Å². The minimum Gasteiger partial charge on any atom is -0.389 e. The molecule has 1 N–H and O–H groups in total. The van der Waals surface area contributed by atoms with Crippen LogP contribution in [0.15, 0.2) is 0 Å². The predicted octanol–water partition coefficient (Wildman–Crippen LogP) is 3.26. The van der Waals surface area contributed by atoms with Gasteiger partial charge in [0.25, 0.3) is 0 Å². The highest BCUT2D eigenvalue weighted by atomic mass is 16.3. The first-order valence-electron chi connectivity index (χ1n) is 6.28. The molecule has 0 radical (unpaired) electrons. The van der Waals surface area contributed by atoms with E-state index in [1.807, 2.05) is 6.92 Å². The molecule has 1 fully saturated rings. The average molecular weight is 209 g/mol. The van der Waals surface area contributed by atoms with Crippen molar-refractivity contribution in [2.45, 2.75) is 64.4 Å². The second-order valence-electron chi connectivity index (χ2n) is 4.93. The molecular weight excluding hydrogens is 186 g/mol. The molecule has 0 bridgehead atoms. The lowest BCUT2D eigenvalue weighted by molar-refractivity contribution is -0.0435. The van der Waals surface area contributed by atoms with Crippen LogP contribution >= 0.6 is 0 Å². The third-order valence-electron chi connectivity index (χ3n) is 3.88. The maximum atomic E-state index is 10.4. The summed E-state index contributed by atoms with van der Waals surface area (Å²) in [5.41, 5.74) is -0.687. The van der Waals surface area contributed by atoms with Crippen molar-refractivity contribution in [1.29, 1.82) is 5.26 Å². The van der Waals surface area contributed by atoms with Gasteiger partial charge in [-0.1, -0.05) is 26.7 Å². The minimum absolute atomic E-state index is 0.167. The Morgan fingerprint density at radius 1 is 1.40 bits per heavy atom. The van der Waals surface area contributed by atoms with E-state index in [0.29, 0.717) is 0 Å². The van der Waals surface area contributed by atoms with Crippen LogP contribution in [0.1, 0.15) is 58.8 Å². The standard InChI is InChI=1S/C13H23NO/c1-3-5-11-6-8-13(15,9-7-11)12(4-2)10-14/h11-12,15H,3-9H2,1-2H3. The van der Waals surface area contributed by atoms with Crippen molar-refractivity contribution in [3.63, 3.8) is 0 Å². The van der Waals surface area contributed by atoms with Gasteiger partial charge in [-0.25, -0.2) is 0 Å². The van der Waals surface area contributed by atoms with Gasteiger partial charge >= 0.3 is 0 Å². The molecule has 0 spiro atoms. The van der Waals surface area contributed by atoms with Gasteiger partial charge in [0.05, 0.1) is 17.6 Å². The van der Waals surface area contributed by atoms with Crippen LogP contribution < -0.4 is 0 Å². The Morgan fingerprint density at radius 3 is 2.40 bits per heavy atom. The molecule has 0 aromatic heterocycles. The molecule has 0 aromatic carbocycles. The monoisotopic (exact) mass is 209 g/mol. The van der Waals surface area contributed by atoms with E-state index in [-0.39, 0.29) is 5.92 Å². The summed E-state index contributed by atoms with van der Waals surface area (Å²) in [5.74, 6) is 0.617. The van der Waals surface area contributed by atoms with Gasteiger partial charge in [0, 0.05) is 0 Å². The first-order valence-corrected chi connectivity index (χ1v) is 6.28. The molecule has 1 aliphatic rings. The molecule has 0 amide bonds. The Labute approximate surface area is 93.3 Å². The molecule has 15 heavy (non-hydrogen) atoms. The molecular formula is C13H23NO. The van der Waals surface area contributed by atoms with Crippen LogP contribution in [0.3, 0.4) is 0 Å². The zero-order valence-corrected chi connectivity index (χ0v) is 10.00. The molecule has 0 saturated heterocycles. The summed E-state index contributed by atoms with van der Waals surface area (Å²) in [7, 11) is 0. The quantitative estimate of drug-likeness (QED) is 0.772. The summed E-state index contributed by atoms with van der Waals surface area (Å²) in [4.78, 5) is 0. The second-order valence-corrected chi connectivity index (χ2v) is 4.93. The van der Waals surface area contributed by atoms with E-state index in [1.54, 1.807) is 0 Å². The van der Waals surface area contributed by atoms with Gasteiger partial charge in [-0.15, -0.1) is 0 Å². The second kappa shape index (κ2) is 5.51. The lowest BCUT2D eigenvalue weighted by Crippen LogP contribution is -2.40. The van der Waals surface area contributed by atoms with Gasteiger partial charge in [-0.05, 0) is 38.0 Å². The summed E-state index contributed by atoms with van der Waals surface area (Å²) in [6.07, 6.45) is 7.13. The van der Waals surface area contributed by atoms with Gasteiger partial charge < -0.3 is 5.11 Å². The molecule has 1 unspecified atom stereocenters. The maximum absolute atomic E-state index is 10.4. The van der Waals surface area contributed by atoms with Crippen LogP contribution in [-0.2, 0) is 0 Å². The molecule has 0 aromatic rings. The van der Waals surface area contributed by atoms with E-state index < -0.39 is 5.60 Å². The first-order chi connectivity index (χ1) is 7.16. The molecule has 1 atom stereocenters. The highest BCUT2D eigenvalue weighted by molar-refractivity contribution is 5.00. The van der Waals surface area contributed by atoms with Crippen molar-refractivity contribution in [2.75, 3.05) is 0 Å². The molecule has 0 aliphatic heterocycles. The summed E-state index contributed by atoms with van der Waals surface area (Å²) >= 11 is 0. The highest BCUT2D eigenvalue weighted by Crippen LogP contribution is 2.39. The SMILES string of the molecule is CCCC1CCC(O)(C(C#N)CC)CC1. The Bertz CT molecular complexity index is 223. The number of aliphatic hydroxyl groups is 1. The lowest BCUT2D eigenvalue weighted by Gasteiger charge is -2.38. The largest absolute Gasteiger partial charge is 0.389 e. The zero-order valence-electron chi connectivity index (χ0n) is 10.00. The minimum atomic E-state index is -0.687. The number of nitriles is 1. The van der Waals surface area contributed by atoms with Gasteiger partial charge in [0.1, 0.15) is 0 Å². The third kappa shape index (κ3) is 2.95. The summed E-state index contributed by atoms with van der Waals surface area (Å²) in [6, 6.07) is 2.26.